The first kappa shape index (κ1) is 10.2. The van der Waals surface area contributed by atoms with E-state index in [1.807, 2.05) is 0 Å². The molecular formula is C4H4O7S2. The summed E-state index contributed by atoms with van der Waals surface area (Å²) in [4.78, 5) is -0.736. The SMILES string of the molecule is O=S(=O)(O)c1coc(S(=O)(=O)O)c1. The van der Waals surface area contributed by atoms with Gasteiger partial charge in [0, 0.05) is 6.07 Å². The fourth-order valence-electron chi connectivity index (χ4n) is 0.571. The van der Waals surface area contributed by atoms with Crippen LogP contribution in [0.15, 0.2) is 26.7 Å². The molecule has 1 aromatic rings. The zero-order valence-corrected chi connectivity index (χ0v) is 7.54. The van der Waals surface area contributed by atoms with Crippen LogP contribution in [0.4, 0.5) is 0 Å². The molecule has 0 aromatic carbocycles. The molecule has 13 heavy (non-hydrogen) atoms. The molecular weight excluding hydrogens is 224 g/mol. The smallest absolute Gasteiger partial charge is 0.328 e. The van der Waals surface area contributed by atoms with Crippen molar-refractivity contribution in [2.45, 2.75) is 9.99 Å². The highest BCUT2D eigenvalue weighted by Gasteiger charge is 2.20. The lowest BCUT2D eigenvalue weighted by molar-refractivity contribution is 0.405. The molecule has 0 saturated carbocycles. The molecule has 0 unspecified atom stereocenters. The van der Waals surface area contributed by atoms with Gasteiger partial charge in [0.05, 0.1) is 0 Å². The molecule has 1 rings (SSSR count). The van der Waals surface area contributed by atoms with Crippen LogP contribution in [0.2, 0.25) is 0 Å². The molecule has 0 spiro atoms. The Morgan fingerprint density at radius 2 is 1.62 bits per heavy atom. The van der Waals surface area contributed by atoms with Crippen LogP contribution in [-0.4, -0.2) is 25.9 Å². The number of rotatable bonds is 2. The summed E-state index contributed by atoms with van der Waals surface area (Å²) in [5, 5.41) is -0.944. The minimum atomic E-state index is -4.58. The van der Waals surface area contributed by atoms with Crippen LogP contribution in [0.3, 0.4) is 0 Å². The van der Waals surface area contributed by atoms with Crippen LogP contribution >= 0.6 is 0 Å². The van der Waals surface area contributed by atoms with Crippen LogP contribution in [-0.2, 0) is 20.2 Å². The van der Waals surface area contributed by atoms with Crippen molar-refractivity contribution in [1.29, 1.82) is 0 Å². The van der Waals surface area contributed by atoms with E-state index >= 15 is 0 Å². The van der Waals surface area contributed by atoms with E-state index in [0.29, 0.717) is 12.3 Å². The van der Waals surface area contributed by atoms with Crippen molar-refractivity contribution in [2.24, 2.45) is 0 Å². The van der Waals surface area contributed by atoms with E-state index in [1.54, 1.807) is 0 Å². The van der Waals surface area contributed by atoms with Crippen molar-refractivity contribution in [3.05, 3.63) is 12.3 Å². The summed E-state index contributed by atoms with van der Waals surface area (Å²) >= 11 is 0. The molecule has 74 valence electrons. The summed E-state index contributed by atoms with van der Waals surface area (Å²) in [7, 11) is -9.10. The van der Waals surface area contributed by atoms with E-state index in [1.165, 1.54) is 0 Å². The summed E-state index contributed by atoms with van der Waals surface area (Å²) in [5.74, 6) is 0. The zero-order chi connectivity index (χ0) is 10.3. The maximum atomic E-state index is 10.4. The minimum absolute atomic E-state index is 0.491. The van der Waals surface area contributed by atoms with Crippen LogP contribution in [0.1, 0.15) is 0 Å². The first-order chi connectivity index (χ1) is 5.71. The van der Waals surface area contributed by atoms with Gasteiger partial charge in [0.1, 0.15) is 11.2 Å². The molecule has 1 heterocycles. The first-order valence-corrected chi connectivity index (χ1v) is 5.63. The Bertz CT molecular complexity index is 458. The second-order valence-electron chi connectivity index (χ2n) is 2.05. The Balaban J connectivity index is 3.32. The largest absolute Gasteiger partial charge is 0.449 e. The monoisotopic (exact) mass is 228 g/mol. The highest BCUT2D eigenvalue weighted by Crippen LogP contribution is 2.17. The third-order valence-corrected chi connectivity index (χ3v) is 2.64. The van der Waals surface area contributed by atoms with Gasteiger partial charge in [-0.05, 0) is 0 Å². The Hall–Kier alpha value is -0.900. The highest BCUT2D eigenvalue weighted by atomic mass is 32.2. The Kier molecular flexibility index (Phi) is 2.20. The molecule has 2 N–H and O–H groups in total. The van der Waals surface area contributed by atoms with Gasteiger partial charge in [-0.25, -0.2) is 0 Å². The molecule has 0 aliphatic rings. The normalized spacial score (nSPS) is 13.1. The minimum Gasteiger partial charge on any atom is -0.449 e. The van der Waals surface area contributed by atoms with E-state index in [4.69, 9.17) is 9.11 Å². The third kappa shape index (κ3) is 2.28. The van der Waals surface area contributed by atoms with Crippen molar-refractivity contribution in [3.8, 4) is 0 Å². The number of furan rings is 1. The van der Waals surface area contributed by atoms with Gasteiger partial charge < -0.3 is 4.42 Å². The molecule has 0 atom stereocenters. The van der Waals surface area contributed by atoms with Gasteiger partial charge in [-0.15, -0.1) is 0 Å². The molecule has 7 nitrogen and oxygen atoms in total. The molecule has 0 radical (unpaired) electrons. The maximum Gasteiger partial charge on any atom is 0.328 e. The molecule has 0 aliphatic heterocycles. The van der Waals surface area contributed by atoms with Crippen LogP contribution in [0.5, 0.6) is 0 Å². The Morgan fingerprint density at radius 1 is 1.08 bits per heavy atom. The lowest BCUT2D eigenvalue weighted by atomic mass is 10.7. The first-order valence-electron chi connectivity index (χ1n) is 2.75. The molecule has 0 fully saturated rings. The number of hydrogen-bond donors (Lipinski definition) is 2. The van der Waals surface area contributed by atoms with Crippen molar-refractivity contribution in [3.63, 3.8) is 0 Å². The summed E-state index contributed by atoms with van der Waals surface area (Å²) in [6.45, 7) is 0. The summed E-state index contributed by atoms with van der Waals surface area (Å²) < 4.78 is 62.5. The maximum absolute atomic E-state index is 10.4. The van der Waals surface area contributed by atoms with Crippen molar-refractivity contribution in [2.75, 3.05) is 0 Å². The lowest BCUT2D eigenvalue weighted by Crippen LogP contribution is -1.97. The predicted octanol–water partition coefficient (Wildman–Crippen LogP) is -0.227. The van der Waals surface area contributed by atoms with E-state index < -0.39 is 30.2 Å². The standard InChI is InChI=1S/C4H4O7S2/c5-12(6,7)3-1-4(11-2-3)13(8,9)10/h1-2H,(H,5,6,7)(H,8,9,10). The van der Waals surface area contributed by atoms with Crippen molar-refractivity contribution >= 4 is 20.2 Å². The molecule has 0 bridgehead atoms. The summed E-state index contributed by atoms with van der Waals surface area (Å²) in [6.07, 6.45) is 0.498. The fourth-order valence-corrected chi connectivity index (χ4v) is 1.52. The second-order valence-corrected chi connectivity index (χ2v) is 4.83. The molecule has 0 amide bonds. The van der Waals surface area contributed by atoms with Gasteiger partial charge in [-0.1, -0.05) is 0 Å². The topological polar surface area (TPSA) is 122 Å². The van der Waals surface area contributed by atoms with E-state index in [0.717, 1.165) is 0 Å². The average Bonchev–Trinajstić information content (AvgIpc) is 2.28. The fraction of sp³-hybridized carbons (Fsp3) is 0. The third-order valence-electron chi connectivity index (χ3n) is 1.10. The van der Waals surface area contributed by atoms with Gasteiger partial charge in [-0.3, -0.25) is 9.11 Å². The van der Waals surface area contributed by atoms with Crippen LogP contribution < -0.4 is 0 Å². The van der Waals surface area contributed by atoms with Crippen molar-refractivity contribution < 1.29 is 30.4 Å². The van der Waals surface area contributed by atoms with Gasteiger partial charge in [0.25, 0.3) is 10.1 Å². The molecule has 0 saturated heterocycles. The summed E-state index contributed by atoms with van der Waals surface area (Å²) in [5.41, 5.74) is 0. The van der Waals surface area contributed by atoms with E-state index in [9.17, 15) is 16.8 Å². The van der Waals surface area contributed by atoms with E-state index in [2.05, 4.69) is 4.42 Å². The summed E-state index contributed by atoms with van der Waals surface area (Å²) in [6, 6.07) is 0.491. The molecule has 9 heteroatoms. The predicted molar refractivity (Wildman–Crippen MR) is 38.3 cm³/mol. The van der Waals surface area contributed by atoms with Crippen molar-refractivity contribution in [1.82, 2.24) is 0 Å². The highest BCUT2D eigenvalue weighted by molar-refractivity contribution is 7.86. The second kappa shape index (κ2) is 2.80. The lowest BCUT2D eigenvalue weighted by Gasteiger charge is -1.86. The van der Waals surface area contributed by atoms with Gasteiger partial charge in [-0.2, -0.15) is 16.8 Å². The van der Waals surface area contributed by atoms with Gasteiger partial charge in [0.15, 0.2) is 0 Å². The molecule has 1 aromatic heterocycles. The number of hydrogen-bond acceptors (Lipinski definition) is 5. The Morgan fingerprint density at radius 3 is 1.85 bits per heavy atom. The van der Waals surface area contributed by atoms with Gasteiger partial charge in [0.2, 0.25) is 5.09 Å². The van der Waals surface area contributed by atoms with Crippen LogP contribution in [0, 0.1) is 0 Å². The quantitative estimate of drug-likeness (QED) is 0.670. The van der Waals surface area contributed by atoms with Gasteiger partial charge >= 0.3 is 10.1 Å². The van der Waals surface area contributed by atoms with E-state index in [-0.39, 0.29) is 0 Å². The Labute approximate surface area is 73.5 Å². The average molecular weight is 228 g/mol. The molecule has 0 aliphatic carbocycles. The van der Waals surface area contributed by atoms with Crippen LogP contribution in [0.25, 0.3) is 0 Å². The zero-order valence-electron chi connectivity index (χ0n) is 5.91.